The summed E-state index contributed by atoms with van der Waals surface area (Å²) in [6.45, 7) is 7.95. The van der Waals surface area contributed by atoms with Crippen LogP contribution < -0.4 is 5.32 Å². The van der Waals surface area contributed by atoms with E-state index in [4.69, 9.17) is 27.9 Å². The van der Waals surface area contributed by atoms with E-state index in [0.29, 0.717) is 16.1 Å². The van der Waals surface area contributed by atoms with Gasteiger partial charge in [0.15, 0.2) is 0 Å². The Morgan fingerprint density at radius 2 is 2.00 bits per heavy atom. The van der Waals surface area contributed by atoms with Gasteiger partial charge in [0.2, 0.25) is 0 Å². The van der Waals surface area contributed by atoms with E-state index in [1.165, 1.54) is 0 Å². The van der Waals surface area contributed by atoms with Crippen LogP contribution >= 0.6 is 23.2 Å². The van der Waals surface area contributed by atoms with Crippen molar-refractivity contribution in [1.82, 2.24) is 4.90 Å². The fourth-order valence-corrected chi connectivity index (χ4v) is 2.75. The molecule has 1 fully saturated rings. The second-order valence-electron chi connectivity index (χ2n) is 5.12. The fourth-order valence-electron chi connectivity index (χ4n) is 2.22. The minimum atomic E-state index is 0.203. The van der Waals surface area contributed by atoms with Crippen molar-refractivity contribution in [2.45, 2.75) is 26.0 Å². The van der Waals surface area contributed by atoms with E-state index in [2.05, 4.69) is 24.1 Å². The van der Waals surface area contributed by atoms with Crippen LogP contribution in [0.4, 0.5) is 5.69 Å². The number of rotatable bonds is 4. The summed E-state index contributed by atoms with van der Waals surface area (Å²) in [5, 5.41) is 4.62. The number of morpholine rings is 1. The predicted octanol–water partition coefficient (Wildman–Crippen LogP) is 3.51. The van der Waals surface area contributed by atoms with Crippen LogP contribution in [0.15, 0.2) is 18.2 Å². The van der Waals surface area contributed by atoms with Gasteiger partial charge in [0, 0.05) is 41.4 Å². The zero-order chi connectivity index (χ0) is 13.8. The molecule has 2 rings (SSSR count). The Hall–Kier alpha value is -0.480. The molecule has 1 heterocycles. The first-order valence-corrected chi connectivity index (χ1v) is 7.36. The molecule has 1 aromatic carbocycles. The lowest BCUT2D eigenvalue weighted by atomic mass is 10.2. The molecule has 0 saturated carbocycles. The summed E-state index contributed by atoms with van der Waals surface area (Å²) in [5.41, 5.74) is 0.933. The van der Waals surface area contributed by atoms with Gasteiger partial charge in [0.25, 0.3) is 0 Å². The summed E-state index contributed by atoms with van der Waals surface area (Å²) in [7, 11) is 0. The molecule has 1 aliphatic rings. The van der Waals surface area contributed by atoms with Crippen molar-refractivity contribution in [2.75, 3.05) is 31.6 Å². The Labute approximate surface area is 124 Å². The number of benzene rings is 1. The van der Waals surface area contributed by atoms with Crippen molar-refractivity contribution >= 4 is 28.9 Å². The zero-order valence-electron chi connectivity index (χ0n) is 11.3. The van der Waals surface area contributed by atoms with Crippen LogP contribution in [-0.2, 0) is 4.74 Å². The molecule has 0 amide bonds. The maximum absolute atomic E-state index is 5.97. The van der Waals surface area contributed by atoms with E-state index < -0.39 is 0 Å². The number of ether oxygens (including phenoxy) is 1. The molecule has 1 aliphatic heterocycles. The van der Waals surface area contributed by atoms with Crippen LogP contribution in [-0.4, -0.2) is 43.3 Å². The van der Waals surface area contributed by atoms with Crippen LogP contribution in [0.1, 0.15) is 13.8 Å². The lowest BCUT2D eigenvalue weighted by Gasteiger charge is -2.35. The normalized spacial score (nSPS) is 20.8. The third kappa shape index (κ3) is 4.53. The van der Waals surface area contributed by atoms with E-state index >= 15 is 0 Å². The van der Waals surface area contributed by atoms with Gasteiger partial charge in [0.1, 0.15) is 0 Å². The maximum Gasteiger partial charge on any atom is 0.0874 e. The van der Waals surface area contributed by atoms with Crippen molar-refractivity contribution in [1.29, 1.82) is 0 Å². The lowest BCUT2D eigenvalue weighted by molar-refractivity contribution is -0.0315. The molecule has 1 atom stereocenters. The number of anilines is 1. The number of nitrogens with one attached hydrogen (secondary N) is 1. The number of hydrogen-bond donors (Lipinski definition) is 1. The highest BCUT2D eigenvalue weighted by Crippen LogP contribution is 2.22. The Bertz CT molecular complexity index is 406. The average Bonchev–Trinajstić information content (AvgIpc) is 2.35. The molecule has 0 radical (unpaired) electrons. The van der Waals surface area contributed by atoms with Crippen molar-refractivity contribution in [3.63, 3.8) is 0 Å². The van der Waals surface area contributed by atoms with Gasteiger partial charge in [-0.05, 0) is 32.0 Å². The summed E-state index contributed by atoms with van der Waals surface area (Å²) in [5.74, 6) is 0. The van der Waals surface area contributed by atoms with E-state index in [1.54, 1.807) is 6.07 Å². The first-order chi connectivity index (χ1) is 9.04. The Morgan fingerprint density at radius 3 is 2.63 bits per heavy atom. The van der Waals surface area contributed by atoms with Crippen molar-refractivity contribution in [3.05, 3.63) is 28.2 Å². The molecule has 1 unspecified atom stereocenters. The largest absolute Gasteiger partial charge is 0.382 e. The highest BCUT2D eigenvalue weighted by molar-refractivity contribution is 6.35. The molecule has 0 aliphatic carbocycles. The van der Waals surface area contributed by atoms with E-state index in [1.807, 2.05) is 12.1 Å². The van der Waals surface area contributed by atoms with E-state index in [-0.39, 0.29) is 6.10 Å². The summed E-state index contributed by atoms with van der Waals surface area (Å²) in [6.07, 6.45) is 0.203. The van der Waals surface area contributed by atoms with Gasteiger partial charge in [-0.1, -0.05) is 23.2 Å². The van der Waals surface area contributed by atoms with E-state index in [0.717, 1.165) is 31.9 Å². The van der Waals surface area contributed by atoms with Gasteiger partial charge in [-0.2, -0.15) is 0 Å². The highest BCUT2D eigenvalue weighted by atomic mass is 35.5. The van der Waals surface area contributed by atoms with Crippen LogP contribution in [0, 0.1) is 0 Å². The van der Waals surface area contributed by atoms with Crippen molar-refractivity contribution in [2.24, 2.45) is 0 Å². The van der Waals surface area contributed by atoms with Crippen LogP contribution in [0.5, 0.6) is 0 Å². The van der Waals surface area contributed by atoms with Gasteiger partial charge in [0.05, 0.1) is 12.7 Å². The van der Waals surface area contributed by atoms with E-state index in [9.17, 15) is 0 Å². The Kier molecular flexibility index (Phi) is 5.34. The summed E-state index contributed by atoms with van der Waals surface area (Å²) in [4.78, 5) is 2.43. The topological polar surface area (TPSA) is 24.5 Å². The molecule has 3 nitrogen and oxygen atoms in total. The highest BCUT2D eigenvalue weighted by Gasteiger charge is 2.21. The quantitative estimate of drug-likeness (QED) is 0.921. The zero-order valence-corrected chi connectivity index (χ0v) is 12.8. The van der Waals surface area contributed by atoms with Crippen molar-refractivity contribution in [3.8, 4) is 0 Å². The predicted molar refractivity (Wildman–Crippen MR) is 81.4 cm³/mol. The molecule has 0 aromatic heterocycles. The van der Waals surface area contributed by atoms with Crippen LogP contribution in [0.3, 0.4) is 0 Å². The van der Waals surface area contributed by atoms with Crippen molar-refractivity contribution < 1.29 is 4.74 Å². The summed E-state index contributed by atoms with van der Waals surface area (Å²) in [6, 6.07) is 6.03. The first-order valence-electron chi connectivity index (χ1n) is 6.60. The molecular formula is C14H20Cl2N2O. The molecule has 0 spiro atoms. The van der Waals surface area contributed by atoms with Gasteiger partial charge < -0.3 is 10.1 Å². The standard InChI is InChI=1S/C14H20Cl2N2O/c1-10(2)18-3-4-19-14(9-18)8-17-13-6-11(15)5-12(16)7-13/h5-7,10,14,17H,3-4,8-9H2,1-2H3. The second-order valence-corrected chi connectivity index (χ2v) is 5.99. The monoisotopic (exact) mass is 302 g/mol. The molecule has 1 saturated heterocycles. The van der Waals surface area contributed by atoms with Gasteiger partial charge in [-0.25, -0.2) is 0 Å². The molecule has 1 aromatic rings. The third-order valence-corrected chi connectivity index (χ3v) is 3.73. The molecule has 0 bridgehead atoms. The molecular weight excluding hydrogens is 283 g/mol. The van der Waals surface area contributed by atoms with Gasteiger partial charge >= 0.3 is 0 Å². The minimum Gasteiger partial charge on any atom is -0.382 e. The Morgan fingerprint density at radius 1 is 1.32 bits per heavy atom. The number of nitrogens with zero attached hydrogens (tertiary/aromatic N) is 1. The molecule has 19 heavy (non-hydrogen) atoms. The molecule has 5 heteroatoms. The minimum absolute atomic E-state index is 0.203. The maximum atomic E-state index is 5.97. The van der Waals surface area contributed by atoms with Gasteiger partial charge in [-0.15, -0.1) is 0 Å². The van der Waals surface area contributed by atoms with Crippen LogP contribution in [0.25, 0.3) is 0 Å². The third-order valence-electron chi connectivity index (χ3n) is 3.30. The fraction of sp³-hybridized carbons (Fsp3) is 0.571. The Balaban J connectivity index is 1.87. The summed E-state index contributed by atoms with van der Waals surface area (Å²) < 4.78 is 5.77. The lowest BCUT2D eigenvalue weighted by Crippen LogP contribution is -2.48. The first kappa shape index (κ1) is 14.9. The molecule has 1 N–H and O–H groups in total. The smallest absolute Gasteiger partial charge is 0.0874 e. The van der Waals surface area contributed by atoms with Gasteiger partial charge in [-0.3, -0.25) is 4.90 Å². The SMILES string of the molecule is CC(C)N1CCOC(CNc2cc(Cl)cc(Cl)c2)C1. The average molecular weight is 303 g/mol. The number of hydrogen-bond acceptors (Lipinski definition) is 3. The molecule has 106 valence electrons. The number of halogens is 2. The summed E-state index contributed by atoms with van der Waals surface area (Å²) >= 11 is 11.9. The second kappa shape index (κ2) is 6.80. The van der Waals surface area contributed by atoms with Crippen LogP contribution in [0.2, 0.25) is 10.0 Å².